The van der Waals surface area contributed by atoms with Crippen LogP contribution in [0.3, 0.4) is 0 Å². The molecule has 1 amide bonds. The van der Waals surface area contributed by atoms with Gasteiger partial charge in [-0.2, -0.15) is 10.2 Å². The average Bonchev–Trinajstić information content (AvgIpc) is 3.16. The lowest BCUT2D eigenvalue weighted by Crippen LogP contribution is -2.26. The summed E-state index contributed by atoms with van der Waals surface area (Å²) in [6.45, 7) is 11.0. The summed E-state index contributed by atoms with van der Waals surface area (Å²) in [5, 5.41) is 20.0. The first-order valence-electron chi connectivity index (χ1n) is 10.2. The van der Waals surface area contributed by atoms with E-state index in [2.05, 4.69) is 10.2 Å². The molecule has 2 aromatic heterocycles. The zero-order valence-corrected chi connectivity index (χ0v) is 18.8. The van der Waals surface area contributed by atoms with Crippen LogP contribution < -0.4 is 0 Å². The Labute approximate surface area is 181 Å². The van der Waals surface area contributed by atoms with E-state index in [0.29, 0.717) is 30.0 Å². The fourth-order valence-electron chi connectivity index (χ4n) is 3.83. The fraction of sp³-hybridized carbons (Fsp3) is 0.409. The SMILES string of the molecule is CCn1nc(C)c(CN(C)C(=O)c2ccc(Cn3nc(C)c([N+](=O)[O-])c3C)cc2)c1C. The van der Waals surface area contributed by atoms with Crippen LogP contribution in [0.1, 0.15) is 51.2 Å². The molecule has 0 aliphatic rings. The van der Waals surface area contributed by atoms with E-state index in [-0.39, 0.29) is 11.6 Å². The van der Waals surface area contributed by atoms with Crippen LogP contribution in [-0.4, -0.2) is 42.3 Å². The Balaban J connectivity index is 1.73. The molecule has 9 heteroatoms. The van der Waals surface area contributed by atoms with Crippen LogP contribution in [0.4, 0.5) is 5.69 Å². The fourth-order valence-corrected chi connectivity index (χ4v) is 3.83. The van der Waals surface area contributed by atoms with Crippen LogP contribution in [-0.2, 0) is 19.6 Å². The van der Waals surface area contributed by atoms with Gasteiger partial charge in [0.15, 0.2) is 0 Å². The molecule has 0 saturated heterocycles. The minimum atomic E-state index is -0.403. The molecule has 0 aliphatic heterocycles. The van der Waals surface area contributed by atoms with Crippen molar-refractivity contribution >= 4 is 11.6 Å². The third-order valence-electron chi connectivity index (χ3n) is 5.63. The number of hydrogen-bond donors (Lipinski definition) is 0. The van der Waals surface area contributed by atoms with E-state index in [1.165, 1.54) is 0 Å². The number of hydrogen-bond acceptors (Lipinski definition) is 5. The largest absolute Gasteiger partial charge is 0.337 e. The highest BCUT2D eigenvalue weighted by Gasteiger charge is 2.22. The van der Waals surface area contributed by atoms with Crippen LogP contribution in [0.5, 0.6) is 0 Å². The number of carbonyl (C=O) groups is 1. The monoisotopic (exact) mass is 424 g/mol. The first-order chi connectivity index (χ1) is 14.6. The highest BCUT2D eigenvalue weighted by Crippen LogP contribution is 2.23. The third-order valence-corrected chi connectivity index (χ3v) is 5.63. The normalized spacial score (nSPS) is 11.0. The van der Waals surface area contributed by atoms with Crippen LogP contribution in [0.2, 0.25) is 0 Å². The lowest BCUT2D eigenvalue weighted by Gasteiger charge is -2.18. The van der Waals surface area contributed by atoms with E-state index in [1.807, 2.05) is 37.6 Å². The summed E-state index contributed by atoms with van der Waals surface area (Å²) in [4.78, 5) is 25.4. The summed E-state index contributed by atoms with van der Waals surface area (Å²) in [6.07, 6.45) is 0. The first-order valence-corrected chi connectivity index (χ1v) is 10.2. The second-order valence-corrected chi connectivity index (χ2v) is 7.76. The molecule has 2 heterocycles. The average molecular weight is 425 g/mol. The Morgan fingerprint density at radius 2 is 1.65 bits per heavy atom. The molecule has 3 rings (SSSR count). The van der Waals surface area contributed by atoms with Crippen molar-refractivity contribution in [1.29, 1.82) is 0 Å². The molecule has 0 aliphatic carbocycles. The standard InChI is InChI=1S/C22H28N6O3/c1-7-26-16(4)20(14(2)23-26)13-25(6)22(29)19-10-8-18(9-11-19)12-27-17(5)21(28(30)31)15(3)24-27/h8-11H,7,12-13H2,1-6H3. The third kappa shape index (κ3) is 4.35. The maximum Gasteiger partial charge on any atom is 0.312 e. The number of aromatic nitrogens is 4. The van der Waals surface area contributed by atoms with Crippen molar-refractivity contribution in [2.75, 3.05) is 7.05 Å². The Morgan fingerprint density at radius 3 is 2.16 bits per heavy atom. The van der Waals surface area contributed by atoms with Gasteiger partial charge in [0, 0.05) is 37.0 Å². The minimum absolute atomic E-state index is 0.0467. The molecular formula is C22H28N6O3. The Hall–Kier alpha value is -3.49. The highest BCUT2D eigenvalue weighted by atomic mass is 16.6. The molecule has 0 N–H and O–H groups in total. The van der Waals surface area contributed by atoms with Gasteiger partial charge in [-0.15, -0.1) is 0 Å². The van der Waals surface area contributed by atoms with Gasteiger partial charge in [-0.1, -0.05) is 12.1 Å². The van der Waals surface area contributed by atoms with E-state index in [9.17, 15) is 14.9 Å². The molecule has 0 spiro atoms. The van der Waals surface area contributed by atoms with Gasteiger partial charge in [-0.25, -0.2) is 0 Å². The predicted octanol–water partition coefficient (Wildman–Crippen LogP) is 3.56. The number of carbonyl (C=O) groups excluding carboxylic acids is 1. The smallest absolute Gasteiger partial charge is 0.312 e. The summed E-state index contributed by atoms with van der Waals surface area (Å²) in [6, 6.07) is 7.27. The minimum Gasteiger partial charge on any atom is -0.337 e. The van der Waals surface area contributed by atoms with Crippen molar-refractivity contribution in [2.24, 2.45) is 0 Å². The van der Waals surface area contributed by atoms with Gasteiger partial charge in [0.25, 0.3) is 5.91 Å². The van der Waals surface area contributed by atoms with E-state index in [4.69, 9.17) is 0 Å². The van der Waals surface area contributed by atoms with E-state index >= 15 is 0 Å². The van der Waals surface area contributed by atoms with E-state index < -0.39 is 4.92 Å². The lowest BCUT2D eigenvalue weighted by atomic mass is 10.1. The second kappa shape index (κ2) is 8.71. The molecule has 0 saturated carbocycles. The van der Waals surface area contributed by atoms with Gasteiger partial charge in [0.05, 0.1) is 17.2 Å². The number of nitrogens with zero attached hydrogens (tertiary/aromatic N) is 6. The van der Waals surface area contributed by atoms with Crippen LogP contribution >= 0.6 is 0 Å². The number of benzene rings is 1. The Bertz CT molecular complexity index is 1130. The Morgan fingerprint density at radius 1 is 1.03 bits per heavy atom. The number of aryl methyl sites for hydroxylation is 3. The molecule has 0 unspecified atom stereocenters. The quantitative estimate of drug-likeness (QED) is 0.426. The van der Waals surface area contributed by atoms with Gasteiger partial charge in [0.1, 0.15) is 11.4 Å². The Kier molecular flexibility index (Phi) is 6.24. The van der Waals surface area contributed by atoms with Crippen LogP contribution in [0.25, 0.3) is 0 Å². The molecule has 9 nitrogen and oxygen atoms in total. The van der Waals surface area contributed by atoms with Crippen molar-refractivity contribution in [3.05, 3.63) is 73.8 Å². The predicted molar refractivity (Wildman–Crippen MR) is 117 cm³/mol. The van der Waals surface area contributed by atoms with Gasteiger partial charge in [-0.05, 0) is 52.3 Å². The van der Waals surface area contributed by atoms with E-state index in [1.54, 1.807) is 42.6 Å². The molecule has 0 fully saturated rings. The van der Waals surface area contributed by atoms with Gasteiger partial charge >= 0.3 is 5.69 Å². The van der Waals surface area contributed by atoms with Crippen molar-refractivity contribution in [3.8, 4) is 0 Å². The maximum absolute atomic E-state index is 12.9. The summed E-state index contributed by atoms with van der Waals surface area (Å²) < 4.78 is 3.56. The van der Waals surface area contributed by atoms with Crippen molar-refractivity contribution in [3.63, 3.8) is 0 Å². The summed E-state index contributed by atoms with van der Waals surface area (Å²) in [7, 11) is 1.79. The van der Waals surface area contributed by atoms with Gasteiger partial charge in [0.2, 0.25) is 0 Å². The maximum atomic E-state index is 12.9. The highest BCUT2D eigenvalue weighted by molar-refractivity contribution is 5.94. The molecule has 1 aromatic carbocycles. The summed E-state index contributed by atoms with van der Waals surface area (Å²) >= 11 is 0. The van der Waals surface area contributed by atoms with E-state index in [0.717, 1.165) is 29.1 Å². The topological polar surface area (TPSA) is 99.1 Å². The molecule has 0 bridgehead atoms. The zero-order chi connectivity index (χ0) is 22.9. The van der Waals surface area contributed by atoms with Crippen molar-refractivity contribution in [2.45, 2.75) is 54.3 Å². The zero-order valence-electron chi connectivity index (χ0n) is 18.8. The van der Waals surface area contributed by atoms with Gasteiger partial charge < -0.3 is 4.90 Å². The first kappa shape index (κ1) is 22.2. The summed E-state index contributed by atoms with van der Waals surface area (Å²) in [5.74, 6) is -0.0728. The van der Waals surface area contributed by atoms with Crippen molar-refractivity contribution in [1.82, 2.24) is 24.5 Å². The summed E-state index contributed by atoms with van der Waals surface area (Å²) in [5.41, 5.74) is 5.54. The van der Waals surface area contributed by atoms with Crippen LogP contribution in [0, 0.1) is 37.8 Å². The lowest BCUT2D eigenvalue weighted by molar-refractivity contribution is -0.386. The van der Waals surface area contributed by atoms with Crippen molar-refractivity contribution < 1.29 is 9.72 Å². The molecular weight excluding hydrogens is 396 g/mol. The molecule has 0 atom stereocenters. The molecule has 31 heavy (non-hydrogen) atoms. The number of rotatable bonds is 7. The number of amides is 1. The second-order valence-electron chi connectivity index (χ2n) is 7.76. The van der Waals surface area contributed by atoms with Crippen LogP contribution in [0.15, 0.2) is 24.3 Å². The number of nitro groups is 1. The van der Waals surface area contributed by atoms with Gasteiger partial charge in [-0.3, -0.25) is 24.3 Å². The molecule has 0 radical (unpaired) electrons. The molecule has 164 valence electrons. The molecule has 3 aromatic rings.